The minimum atomic E-state index is -0.316. The van der Waals surface area contributed by atoms with E-state index in [1.165, 1.54) is 19.4 Å². The first-order valence-electron chi connectivity index (χ1n) is 6.85. The topological polar surface area (TPSA) is 39.1 Å². The van der Waals surface area contributed by atoms with Gasteiger partial charge in [-0.05, 0) is 66.1 Å². The number of nitrogens with zero attached hydrogens (tertiary/aromatic N) is 2. The summed E-state index contributed by atoms with van der Waals surface area (Å²) in [5.74, 6) is 0. The third-order valence-electron chi connectivity index (χ3n) is 4.40. The highest BCUT2D eigenvalue weighted by molar-refractivity contribution is 5.05. The molecule has 0 bridgehead atoms. The maximum Gasteiger partial charge on any atom is 0.106 e. The number of nitrogens with one attached hydrogen (secondary N) is 1. The van der Waals surface area contributed by atoms with Crippen LogP contribution in [0.5, 0.6) is 0 Å². The fraction of sp³-hybridized carbons (Fsp3) is 0.929. The Hall–Kier alpha value is -0.590. The van der Waals surface area contributed by atoms with Crippen LogP contribution >= 0.6 is 0 Å². The van der Waals surface area contributed by atoms with E-state index in [1.54, 1.807) is 0 Å². The van der Waals surface area contributed by atoms with Crippen molar-refractivity contribution in [2.45, 2.75) is 64.0 Å². The molecule has 0 saturated carbocycles. The average Bonchev–Trinajstić information content (AvgIpc) is 2.65. The lowest BCUT2D eigenvalue weighted by Crippen LogP contribution is -2.43. The second-order valence-corrected chi connectivity index (χ2v) is 5.80. The minimum Gasteiger partial charge on any atom is -0.302 e. The van der Waals surface area contributed by atoms with Crippen LogP contribution in [0.1, 0.15) is 52.9 Å². The van der Waals surface area contributed by atoms with E-state index in [-0.39, 0.29) is 5.54 Å². The molecular weight excluding hydrogens is 210 g/mol. The van der Waals surface area contributed by atoms with Gasteiger partial charge in [-0.3, -0.25) is 4.90 Å². The van der Waals surface area contributed by atoms with Crippen molar-refractivity contribution in [3.63, 3.8) is 0 Å². The van der Waals surface area contributed by atoms with E-state index >= 15 is 0 Å². The van der Waals surface area contributed by atoms with Crippen molar-refractivity contribution in [1.82, 2.24) is 10.2 Å². The molecule has 0 amide bonds. The molecule has 1 aliphatic rings. The molecule has 0 spiro atoms. The molecule has 0 radical (unpaired) electrons. The summed E-state index contributed by atoms with van der Waals surface area (Å²) in [5.41, 5.74) is 0.0467. The van der Waals surface area contributed by atoms with E-state index < -0.39 is 0 Å². The molecule has 0 aromatic carbocycles. The molecule has 0 aromatic heterocycles. The van der Waals surface area contributed by atoms with Crippen LogP contribution in [-0.4, -0.2) is 36.1 Å². The van der Waals surface area contributed by atoms with Crippen LogP contribution in [0.15, 0.2) is 0 Å². The molecule has 17 heavy (non-hydrogen) atoms. The van der Waals surface area contributed by atoms with Crippen LogP contribution in [-0.2, 0) is 0 Å². The van der Waals surface area contributed by atoms with Crippen molar-refractivity contribution < 1.29 is 0 Å². The van der Waals surface area contributed by atoms with Crippen molar-refractivity contribution in [3.8, 4) is 6.07 Å². The number of likely N-dealkylation sites (tertiary alicyclic amines) is 1. The van der Waals surface area contributed by atoms with Crippen LogP contribution in [0.2, 0.25) is 0 Å². The molecule has 1 heterocycles. The lowest BCUT2D eigenvalue weighted by Gasteiger charge is -2.33. The first kappa shape index (κ1) is 14.5. The van der Waals surface area contributed by atoms with Crippen LogP contribution < -0.4 is 5.32 Å². The first-order chi connectivity index (χ1) is 7.99. The van der Waals surface area contributed by atoms with Gasteiger partial charge in [0.2, 0.25) is 0 Å². The molecule has 1 atom stereocenters. The Labute approximate surface area is 106 Å². The van der Waals surface area contributed by atoms with Gasteiger partial charge in [0.1, 0.15) is 5.54 Å². The predicted octanol–water partition coefficient (Wildman–Crippen LogP) is 2.53. The van der Waals surface area contributed by atoms with Crippen LogP contribution in [0.25, 0.3) is 0 Å². The summed E-state index contributed by atoms with van der Waals surface area (Å²) in [6, 6.07) is 2.43. The summed E-state index contributed by atoms with van der Waals surface area (Å²) in [6.07, 6.45) is 5.55. The quantitative estimate of drug-likeness (QED) is 0.771. The van der Waals surface area contributed by atoms with E-state index in [1.807, 2.05) is 7.05 Å². The Morgan fingerprint density at radius 2 is 2.18 bits per heavy atom. The minimum absolute atomic E-state index is 0.316. The predicted molar refractivity (Wildman–Crippen MR) is 71.8 cm³/mol. The molecule has 1 saturated heterocycles. The lowest BCUT2D eigenvalue weighted by atomic mass is 9.92. The second kappa shape index (κ2) is 5.84. The molecule has 1 rings (SSSR count). The molecule has 1 aliphatic heterocycles. The van der Waals surface area contributed by atoms with Crippen LogP contribution in [0.3, 0.4) is 0 Å². The maximum atomic E-state index is 9.25. The van der Waals surface area contributed by atoms with Gasteiger partial charge in [-0.1, -0.05) is 6.92 Å². The highest BCUT2D eigenvalue weighted by Gasteiger charge is 2.32. The summed E-state index contributed by atoms with van der Waals surface area (Å²) in [7, 11) is 1.90. The second-order valence-electron chi connectivity index (χ2n) is 5.80. The van der Waals surface area contributed by atoms with Crippen molar-refractivity contribution in [2.24, 2.45) is 0 Å². The van der Waals surface area contributed by atoms with Gasteiger partial charge in [0, 0.05) is 5.54 Å². The van der Waals surface area contributed by atoms with Crippen LogP contribution in [0.4, 0.5) is 0 Å². The van der Waals surface area contributed by atoms with E-state index in [0.717, 1.165) is 25.8 Å². The van der Waals surface area contributed by atoms with Gasteiger partial charge < -0.3 is 5.32 Å². The van der Waals surface area contributed by atoms with Crippen LogP contribution in [0, 0.1) is 11.3 Å². The van der Waals surface area contributed by atoms with Crippen molar-refractivity contribution in [1.29, 1.82) is 5.26 Å². The lowest BCUT2D eigenvalue weighted by molar-refractivity contribution is 0.167. The van der Waals surface area contributed by atoms with Crippen molar-refractivity contribution >= 4 is 0 Å². The number of nitriles is 1. The molecule has 1 fully saturated rings. The van der Waals surface area contributed by atoms with Crippen molar-refractivity contribution in [2.75, 3.05) is 20.1 Å². The number of rotatable bonds is 6. The largest absolute Gasteiger partial charge is 0.302 e. The van der Waals surface area contributed by atoms with Gasteiger partial charge in [0.15, 0.2) is 0 Å². The molecule has 0 aromatic rings. The summed E-state index contributed by atoms with van der Waals surface area (Å²) in [4.78, 5) is 2.57. The zero-order chi connectivity index (χ0) is 12.9. The zero-order valence-corrected chi connectivity index (χ0v) is 11.8. The summed E-state index contributed by atoms with van der Waals surface area (Å²) in [5, 5.41) is 12.4. The van der Waals surface area contributed by atoms with Gasteiger partial charge in [-0.15, -0.1) is 0 Å². The zero-order valence-electron chi connectivity index (χ0n) is 11.8. The third-order valence-corrected chi connectivity index (χ3v) is 4.40. The summed E-state index contributed by atoms with van der Waals surface area (Å²) < 4.78 is 0. The fourth-order valence-electron chi connectivity index (χ4n) is 2.82. The van der Waals surface area contributed by atoms with E-state index in [2.05, 4.69) is 37.1 Å². The summed E-state index contributed by atoms with van der Waals surface area (Å²) >= 11 is 0. The Kier molecular flexibility index (Phi) is 4.97. The Balaban J connectivity index is 2.40. The van der Waals surface area contributed by atoms with Gasteiger partial charge in [-0.25, -0.2) is 0 Å². The molecule has 3 nitrogen and oxygen atoms in total. The molecule has 0 aliphatic carbocycles. The third kappa shape index (κ3) is 3.43. The monoisotopic (exact) mass is 237 g/mol. The Morgan fingerprint density at radius 1 is 1.47 bits per heavy atom. The Bertz CT molecular complexity index is 274. The SMILES string of the molecule is CCC(C#N)(CCCN1CCCC1(C)C)NC. The van der Waals surface area contributed by atoms with E-state index in [9.17, 15) is 5.26 Å². The average molecular weight is 237 g/mol. The molecule has 1 N–H and O–H groups in total. The van der Waals surface area contributed by atoms with Crippen molar-refractivity contribution in [3.05, 3.63) is 0 Å². The number of hydrogen-bond acceptors (Lipinski definition) is 3. The van der Waals surface area contributed by atoms with Gasteiger partial charge >= 0.3 is 0 Å². The normalized spacial score (nSPS) is 23.2. The fourth-order valence-corrected chi connectivity index (χ4v) is 2.82. The number of hydrogen-bond donors (Lipinski definition) is 1. The van der Waals surface area contributed by atoms with E-state index in [0.29, 0.717) is 5.54 Å². The molecular formula is C14H27N3. The smallest absolute Gasteiger partial charge is 0.106 e. The Morgan fingerprint density at radius 3 is 2.59 bits per heavy atom. The first-order valence-corrected chi connectivity index (χ1v) is 6.85. The van der Waals surface area contributed by atoms with Gasteiger partial charge in [-0.2, -0.15) is 5.26 Å². The molecule has 3 heteroatoms. The standard InChI is InChI=1S/C14H27N3/c1-5-14(12-15,16-4)9-7-11-17-10-6-8-13(17,2)3/h16H,5-11H2,1-4H3. The van der Waals surface area contributed by atoms with E-state index in [4.69, 9.17) is 0 Å². The summed E-state index contributed by atoms with van der Waals surface area (Å²) in [6.45, 7) is 9.08. The molecule has 98 valence electrons. The van der Waals surface area contributed by atoms with Gasteiger partial charge in [0.05, 0.1) is 6.07 Å². The van der Waals surface area contributed by atoms with Gasteiger partial charge in [0.25, 0.3) is 0 Å². The molecule has 1 unspecified atom stereocenters. The maximum absolute atomic E-state index is 9.25. The highest BCUT2D eigenvalue weighted by atomic mass is 15.2. The highest BCUT2D eigenvalue weighted by Crippen LogP contribution is 2.28.